The van der Waals surface area contributed by atoms with Crippen molar-refractivity contribution in [1.29, 1.82) is 0 Å². The van der Waals surface area contributed by atoms with Crippen LogP contribution in [0, 0.1) is 6.92 Å². The minimum Gasteiger partial charge on any atom is -0.494 e. The molecule has 7 nitrogen and oxygen atoms in total. The van der Waals surface area contributed by atoms with Gasteiger partial charge in [0.15, 0.2) is 11.4 Å². The number of methoxy groups -OCH3 is 1. The Balaban J connectivity index is 1.52. The summed E-state index contributed by atoms with van der Waals surface area (Å²) in [5.41, 5.74) is 2.76. The third-order valence-electron chi connectivity index (χ3n) is 5.51. The number of amides is 1. The first kappa shape index (κ1) is 20.8. The summed E-state index contributed by atoms with van der Waals surface area (Å²) in [4.78, 5) is 29.9. The van der Waals surface area contributed by atoms with Gasteiger partial charge in [-0.1, -0.05) is 48.0 Å². The van der Waals surface area contributed by atoms with E-state index in [2.05, 4.69) is 22.1 Å². The molecule has 0 saturated carbocycles. The lowest BCUT2D eigenvalue weighted by atomic mass is 10.2. The zero-order chi connectivity index (χ0) is 21.8. The van der Waals surface area contributed by atoms with E-state index < -0.39 is 0 Å². The smallest absolute Gasteiger partial charge is 0.278 e. The Kier molecular flexibility index (Phi) is 6.13. The molecule has 1 fully saturated rings. The Labute approximate surface area is 181 Å². The van der Waals surface area contributed by atoms with E-state index in [1.54, 1.807) is 4.90 Å². The van der Waals surface area contributed by atoms with Gasteiger partial charge in [0.25, 0.3) is 11.5 Å². The zero-order valence-corrected chi connectivity index (χ0v) is 17.8. The van der Waals surface area contributed by atoms with Crippen LogP contribution >= 0.6 is 0 Å². The minimum atomic E-state index is -0.343. The van der Waals surface area contributed by atoms with Gasteiger partial charge in [-0.3, -0.25) is 14.5 Å². The largest absolute Gasteiger partial charge is 0.494 e. The Morgan fingerprint density at radius 1 is 1.00 bits per heavy atom. The van der Waals surface area contributed by atoms with Gasteiger partial charge >= 0.3 is 0 Å². The fourth-order valence-corrected chi connectivity index (χ4v) is 3.72. The molecule has 0 atom stereocenters. The standard InChI is InChI=1S/C24H26N4O3/c1-18-8-10-20(11-9-18)28-22(29)16-21(31-2)23(25-28)24(30)27-14-12-26(13-15-27)17-19-6-4-3-5-7-19/h3-11,16H,12-15,17H2,1-2H3. The van der Waals surface area contributed by atoms with Crippen molar-refractivity contribution in [2.45, 2.75) is 13.5 Å². The Morgan fingerprint density at radius 3 is 2.32 bits per heavy atom. The summed E-state index contributed by atoms with van der Waals surface area (Å²) in [7, 11) is 1.45. The molecule has 0 bridgehead atoms. The number of aryl methyl sites for hydroxylation is 1. The maximum Gasteiger partial charge on any atom is 0.278 e. The van der Waals surface area contributed by atoms with Crippen LogP contribution < -0.4 is 10.3 Å². The van der Waals surface area contributed by atoms with E-state index in [1.807, 2.05) is 49.4 Å². The van der Waals surface area contributed by atoms with E-state index in [-0.39, 0.29) is 22.9 Å². The second-order valence-electron chi connectivity index (χ2n) is 7.70. The number of rotatable bonds is 5. The molecule has 1 aromatic heterocycles. The monoisotopic (exact) mass is 418 g/mol. The molecule has 0 N–H and O–H groups in total. The third kappa shape index (κ3) is 4.67. The van der Waals surface area contributed by atoms with Crippen LogP contribution in [0.5, 0.6) is 5.75 Å². The van der Waals surface area contributed by atoms with Gasteiger partial charge in [0.1, 0.15) is 0 Å². The Morgan fingerprint density at radius 2 is 1.68 bits per heavy atom. The highest BCUT2D eigenvalue weighted by Gasteiger charge is 2.27. The predicted octanol–water partition coefficient (Wildman–Crippen LogP) is 2.51. The quantitative estimate of drug-likeness (QED) is 0.637. The van der Waals surface area contributed by atoms with Gasteiger partial charge in [0.2, 0.25) is 0 Å². The first-order chi connectivity index (χ1) is 15.0. The summed E-state index contributed by atoms with van der Waals surface area (Å²) < 4.78 is 6.57. The number of hydrogen-bond acceptors (Lipinski definition) is 5. The van der Waals surface area contributed by atoms with Crippen molar-refractivity contribution in [2.24, 2.45) is 0 Å². The molecule has 7 heteroatoms. The van der Waals surface area contributed by atoms with E-state index in [9.17, 15) is 9.59 Å². The molecule has 1 saturated heterocycles. The molecule has 0 radical (unpaired) electrons. The summed E-state index contributed by atoms with van der Waals surface area (Å²) in [5, 5.41) is 4.38. The molecule has 31 heavy (non-hydrogen) atoms. The number of piperazine rings is 1. The van der Waals surface area contributed by atoms with Crippen LogP contribution in [-0.2, 0) is 6.54 Å². The average molecular weight is 418 g/mol. The van der Waals surface area contributed by atoms with Gasteiger partial charge in [-0.05, 0) is 24.6 Å². The summed E-state index contributed by atoms with van der Waals surface area (Å²) in [5.74, 6) is -0.0258. The summed E-state index contributed by atoms with van der Waals surface area (Å²) >= 11 is 0. The molecule has 160 valence electrons. The highest BCUT2D eigenvalue weighted by molar-refractivity contribution is 5.94. The number of ether oxygens (including phenoxy) is 1. The highest BCUT2D eigenvalue weighted by atomic mass is 16.5. The topological polar surface area (TPSA) is 67.7 Å². The van der Waals surface area contributed by atoms with Crippen LogP contribution in [0.2, 0.25) is 0 Å². The van der Waals surface area contributed by atoms with E-state index in [4.69, 9.17) is 4.74 Å². The number of carbonyl (C=O) groups excluding carboxylic acids is 1. The summed E-state index contributed by atoms with van der Waals surface area (Å²) in [6.07, 6.45) is 0. The third-order valence-corrected chi connectivity index (χ3v) is 5.51. The first-order valence-corrected chi connectivity index (χ1v) is 10.4. The number of nitrogens with zero attached hydrogens (tertiary/aromatic N) is 4. The van der Waals surface area contributed by atoms with Crippen LogP contribution in [-0.4, -0.2) is 58.8 Å². The average Bonchev–Trinajstić information content (AvgIpc) is 2.80. The molecule has 1 aliphatic heterocycles. The minimum absolute atomic E-state index is 0.152. The molecule has 2 aromatic carbocycles. The predicted molar refractivity (Wildman–Crippen MR) is 119 cm³/mol. The molecule has 0 aliphatic carbocycles. The van der Waals surface area contributed by atoms with Gasteiger partial charge in [0.05, 0.1) is 18.9 Å². The van der Waals surface area contributed by atoms with Crippen LogP contribution in [0.3, 0.4) is 0 Å². The molecular formula is C24H26N4O3. The van der Waals surface area contributed by atoms with Crippen molar-refractivity contribution in [3.63, 3.8) is 0 Å². The van der Waals surface area contributed by atoms with Crippen molar-refractivity contribution in [2.75, 3.05) is 33.3 Å². The molecular weight excluding hydrogens is 392 g/mol. The van der Waals surface area contributed by atoms with Gasteiger partial charge in [-0.2, -0.15) is 9.78 Å². The zero-order valence-electron chi connectivity index (χ0n) is 17.8. The normalized spacial score (nSPS) is 14.5. The number of aromatic nitrogens is 2. The van der Waals surface area contributed by atoms with Gasteiger partial charge in [-0.15, -0.1) is 0 Å². The molecule has 3 aromatic rings. The van der Waals surface area contributed by atoms with Crippen LogP contribution in [0.25, 0.3) is 5.69 Å². The molecule has 0 unspecified atom stereocenters. The fourth-order valence-electron chi connectivity index (χ4n) is 3.72. The van der Waals surface area contributed by atoms with E-state index in [0.717, 1.165) is 25.2 Å². The van der Waals surface area contributed by atoms with Crippen molar-refractivity contribution in [3.8, 4) is 11.4 Å². The number of hydrogen-bond donors (Lipinski definition) is 0. The van der Waals surface area contributed by atoms with Crippen LogP contribution in [0.4, 0.5) is 0 Å². The lowest BCUT2D eigenvalue weighted by Gasteiger charge is -2.34. The molecule has 4 rings (SSSR count). The lowest BCUT2D eigenvalue weighted by molar-refractivity contribution is 0.0617. The Hall–Kier alpha value is -3.45. The highest BCUT2D eigenvalue weighted by Crippen LogP contribution is 2.18. The van der Waals surface area contributed by atoms with Crippen LogP contribution in [0.1, 0.15) is 21.6 Å². The van der Waals surface area contributed by atoms with Crippen molar-refractivity contribution in [3.05, 3.63) is 87.8 Å². The molecule has 1 aliphatic rings. The lowest BCUT2D eigenvalue weighted by Crippen LogP contribution is -2.48. The number of benzene rings is 2. The van der Waals surface area contributed by atoms with Crippen LogP contribution in [0.15, 0.2) is 65.5 Å². The Bertz CT molecular complexity index is 1100. The fraction of sp³-hybridized carbons (Fsp3) is 0.292. The maximum absolute atomic E-state index is 13.2. The number of carbonyl (C=O) groups is 1. The van der Waals surface area contributed by atoms with E-state index in [1.165, 1.54) is 23.4 Å². The van der Waals surface area contributed by atoms with Gasteiger partial charge in [-0.25, -0.2) is 0 Å². The first-order valence-electron chi connectivity index (χ1n) is 10.4. The SMILES string of the molecule is COc1cc(=O)n(-c2ccc(C)cc2)nc1C(=O)N1CCN(Cc2ccccc2)CC1. The maximum atomic E-state index is 13.2. The van der Waals surface area contributed by atoms with Crippen molar-refractivity contribution < 1.29 is 9.53 Å². The second-order valence-corrected chi connectivity index (χ2v) is 7.70. The molecule has 1 amide bonds. The second kappa shape index (κ2) is 9.14. The van der Waals surface area contributed by atoms with Gasteiger partial charge < -0.3 is 9.64 Å². The van der Waals surface area contributed by atoms with E-state index >= 15 is 0 Å². The van der Waals surface area contributed by atoms with Crippen molar-refractivity contribution in [1.82, 2.24) is 19.6 Å². The molecule has 2 heterocycles. The summed E-state index contributed by atoms with van der Waals surface area (Å²) in [6.45, 7) is 5.59. The summed E-state index contributed by atoms with van der Waals surface area (Å²) in [6, 6.07) is 19.1. The van der Waals surface area contributed by atoms with Gasteiger partial charge in [0, 0.05) is 32.7 Å². The van der Waals surface area contributed by atoms with E-state index in [0.29, 0.717) is 18.8 Å². The molecule has 0 spiro atoms. The van der Waals surface area contributed by atoms with Crippen molar-refractivity contribution >= 4 is 5.91 Å².